The Balaban J connectivity index is 1.63. The molecule has 0 spiro atoms. The Kier molecular flexibility index (Phi) is 10.7. The van der Waals surface area contributed by atoms with E-state index < -0.39 is 5.41 Å². The van der Waals surface area contributed by atoms with Crippen molar-refractivity contribution >= 4 is 11.9 Å². The fourth-order valence-electron chi connectivity index (χ4n) is 5.62. The maximum atomic E-state index is 13.3. The van der Waals surface area contributed by atoms with Gasteiger partial charge in [0.1, 0.15) is 0 Å². The molecule has 3 rings (SSSR count). The summed E-state index contributed by atoms with van der Waals surface area (Å²) in [5.41, 5.74) is 1.13. The lowest BCUT2D eigenvalue weighted by Crippen LogP contribution is -2.40. The Morgan fingerprint density at radius 1 is 0.784 bits per heavy atom. The Labute approximate surface area is 220 Å². The third-order valence-corrected chi connectivity index (χ3v) is 7.50. The first-order chi connectivity index (χ1) is 18.0. The van der Waals surface area contributed by atoms with Crippen molar-refractivity contribution in [2.45, 2.75) is 64.7 Å². The van der Waals surface area contributed by atoms with Crippen LogP contribution in [-0.4, -0.2) is 78.1 Å². The number of hydrogen-bond acceptors (Lipinski definition) is 8. The minimum absolute atomic E-state index is 0.190. The zero-order valence-electron chi connectivity index (χ0n) is 23.1. The molecule has 9 nitrogen and oxygen atoms in total. The number of nitrogens with zero attached hydrogens (tertiary/aromatic N) is 1. The summed E-state index contributed by atoms with van der Waals surface area (Å²) in [5.74, 6) is 2.11. The fraction of sp³-hybridized carbons (Fsp3) is 0.714. The van der Waals surface area contributed by atoms with Gasteiger partial charge in [-0.2, -0.15) is 0 Å². The van der Waals surface area contributed by atoms with Crippen LogP contribution in [0.5, 0.6) is 23.0 Å². The third kappa shape index (κ3) is 6.43. The van der Waals surface area contributed by atoms with Crippen LogP contribution in [-0.2, 0) is 31.9 Å². The monoisotopic (exact) mass is 521 g/mol. The molecule has 0 atom stereocenters. The van der Waals surface area contributed by atoms with Gasteiger partial charge in [-0.3, -0.25) is 9.59 Å². The van der Waals surface area contributed by atoms with Crippen molar-refractivity contribution in [3.05, 3.63) is 11.1 Å². The van der Waals surface area contributed by atoms with Crippen molar-refractivity contribution in [1.29, 1.82) is 0 Å². The first-order valence-corrected chi connectivity index (χ1v) is 13.4. The molecular weight excluding hydrogens is 478 g/mol. The summed E-state index contributed by atoms with van der Waals surface area (Å²) in [6, 6.07) is 0. The zero-order valence-corrected chi connectivity index (χ0v) is 23.1. The van der Waals surface area contributed by atoms with Crippen LogP contribution in [0.1, 0.15) is 63.0 Å². The van der Waals surface area contributed by atoms with E-state index in [0.717, 1.165) is 43.2 Å². The molecule has 1 heterocycles. The maximum absolute atomic E-state index is 13.3. The van der Waals surface area contributed by atoms with Crippen LogP contribution in [0.2, 0.25) is 0 Å². The van der Waals surface area contributed by atoms with Crippen molar-refractivity contribution in [2.75, 3.05) is 61.3 Å². The van der Waals surface area contributed by atoms with E-state index in [1.165, 1.54) is 0 Å². The number of methoxy groups -OCH3 is 4. The molecule has 2 aliphatic rings. The molecule has 37 heavy (non-hydrogen) atoms. The summed E-state index contributed by atoms with van der Waals surface area (Å²) in [7, 11) is 6.32. The van der Waals surface area contributed by atoms with E-state index in [0.29, 0.717) is 81.6 Å². The number of unbranched alkanes of at least 4 members (excludes halogenated alkanes) is 4. The molecule has 0 aromatic heterocycles. The summed E-state index contributed by atoms with van der Waals surface area (Å²) in [6.07, 6.45) is 7.07. The van der Waals surface area contributed by atoms with E-state index in [2.05, 4.69) is 0 Å². The summed E-state index contributed by atoms with van der Waals surface area (Å²) >= 11 is 0. The molecule has 1 fully saturated rings. The van der Waals surface area contributed by atoms with Gasteiger partial charge in [0.05, 0.1) is 53.7 Å². The average Bonchev–Trinajstić information content (AvgIpc) is 3.31. The lowest BCUT2D eigenvalue weighted by molar-refractivity contribution is -0.155. The molecule has 1 aliphatic heterocycles. The Morgan fingerprint density at radius 3 is 1.81 bits per heavy atom. The van der Waals surface area contributed by atoms with Crippen LogP contribution in [0.15, 0.2) is 0 Å². The highest BCUT2D eigenvalue weighted by Gasteiger charge is 2.48. The van der Waals surface area contributed by atoms with Crippen LogP contribution in [0.4, 0.5) is 0 Å². The number of morpholine rings is 1. The van der Waals surface area contributed by atoms with E-state index in [1.807, 2.05) is 11.8 Å². The lowest BCUT2D eigenvalue weighted by Gasteiger charge is -2.27. The topological polar surface area (TPSA) is 92.8 Å². The molecule has 1 aromatic rings. The Morgan fingerprint density at radius 2 is 1.30 bits per heavy atom. The van der Waals surface area contributed by atoms with Gasteiger partial charge in [0.25, 0.3) is 0 Å². The van der Waals surface area contributed by atoms with Gasteiger partial charge in [-0.15, -0.1) is 0 Å². The number of rotatable bonds is 14. The molecule has 0 saturated carbocycles. The quantitative estimate of drug-likeness (QED) is 0.268. The number of esters is 1. The van der Waals surface area contributed by atoms with E-state index in [1.54, 1.807) is 28.4 Å². The van der Waals surface area contributed by atoms with Crippen molar-refractivity contribution in [1.82, 2.24) is 4.90 Å². The van der Waals surface area contributed by atoms with Gasteiger partial charge >= 0.3 is 5.97 Å². The van der Waals surface area contributed by atoms with Gasteiger partial charge in [0.15, 0.2) is 11.5 Å². The van der Waals surface area contributed by atoms with Crippen LogP contribution in [0, 0.1) is 5.41 Å². The van der Waals surface area contributed by atoms with Gasteiger partial charge in [-0.1, -0.05) is 25.7 Å². The van der Waals surface area contributed by atoms with Crippen molar-refractivity contribution in [3.63, 3.8) is 0 Å². The average molecular weight is 522 g/mol. The predicted octanol–water partition coefficient (Wildman–Crippen LogP) is 3.96. The SMILES string of the molecule is CCOC(=O)C1(CCCCCCCC(=O)N2CCOCC2)Cc2c(c(OC)c(OC)c(OC)c2OC)C1. The maximum Gasteiger partial charge on any atom is 0.312 e. The Hall–Kier alpha value is -2.68. The number of benzene rings is 1. The number of hydrogen-bond donors (Lipinski definition) is 0. The molecule has 0 bridgehead atoms. The zero-order chi connectivity index (χ0) is 26.8. The lowest BCUT2D eigenvalue weighted by atomic mass is 9.79. The van der Waals surface area contributed by atoms with Crippen LogP contribution in [0.3, 0.4) is 0 Å². The van der Waals surface area contributed by atoms with Crippen LogP contribution < -0.4 is 18.9 Å². The highest BCUT2D eigenvalue weighted by molar-refractivity contribution is 5.81. The first kappa shape index (κ1) is 28.9. The molecule has 1 aromatic carbocycles. The minimum atomic E-state index is -0.692. The van der Waals surface area contributed by atoms with Gasteiger partial charge in [0.2, 0.25) is 17.4 Å². The van der Waals surface area contributed by atoms with Crippen molar-refractivity contribution in [3.8, 4) is 23.0 Å². The number of ether oxygens (including phenoxy) is 6. The summed E-state index contributed by atoms with van der Waals surface area (Å²) in [5, 5.41) is 0. The summed E-state index contributed by atoms with van der Waals surface area (Å²) in [6.45, 7) is 4.83. The second kappa shape index (κ2) is 13.7. The molecule has 1 amide bonds. The fourth-order valence-corrected chi connectivity index (χ4v) is 5.62. The summed E-state index contributed by atoms with van der Waals surface area (Å²) < 4.78 is 33.6. The van der Waals surface area contributed by atoms with Crippen molar-refractivity contribution < 1.29 is 38.0 Å². The minimum Gasteiger partial charge on any atom is -0.492 e. The first-order valence-electron chi connectivity index (χ1n) is 13.4. The van der Waals surface area contributed by atoms with Crippen LogP contribution in [0.25, 0.3) is 0 Å². The normalized spacial score (nSPS) is 16.2. The molecule has 1 saturated heterocycles. The highest BCUT2D eigenvalue weighted by Crippen LogP contribution is 2.56. The highest BCUT2D eigenvalue weighted by atomic mass is 16.5. The van der Waals surface area contributed by atoms with Gasteiger partial charge < -0.3 is 33.3 Å². The predicted molar refractivity (Wildman–Crippen MR) is 139 cm³/mol. The van der Waals surface area contributed by atoms with E-state index in [9.17, 15) is 9.59 Å². The van der Waals surface area contributed by atoms with Crippen LogP contribution >= 0.6 is 0 Å². The second-order valence-corrected chi connectivity index (χ2v) is 9.71. The smallest absolute Gasteiger partial charge is 0.312 e. The van der Waals surface area contributed by atoms with E-state index in [-0.39, 0.29) is 11.9 Å². The van der Waals surface area contributed by atoms with E-state index in [4.69, 9.17) is 28.4 Å². The molecule has 0 N–H and O–H groups in total. The van der Waals surface area contributed by atoms with Gasteiger partial charge in [-0.05, 0) is 32.6 Å². The largest absolute Gasteiger partial charge is 0.492 e. The van der Waals surface area contributed by atoms with Gasteiger partial charge in [0, 0.05) is 30.6 Å². The molecule has 208 valence electrons. The number of carbonyl (C=O) groups excluding carboxylic acids is 2. The molecule has 9 heteroatoms. The Bertz CT molecular complexity index is 884. The molecular formula is C28H43NO8. The number of fused-ring (bicyclic) bond motifs is 1. The number of carbonyl (C=O) groups is 2. The summed E-state index contributed by atoms with van der Waals surface area (Å²) in [4.78, 5) is 27.5. The molecule has 0 radical (unpaired) electrons. The van der Waals surface area contributed by atoms with Gasteiger partial charge in [-0.25, -0.2) is 0 Å². The standard InChI is InChI=1S/C28H43NO8/c1-6-37-27(31)28(13-11-9-7-8-10-12-22(30)29-14-16-36-17-15-29)18-20-21(19-28)24(33-3)26(35-5)25(34-4)23(20)32-2/h6-19H2,1-5H3. The second-order valence-electron chi connectivity index (χ2n) is 9.71. The third-order valence-electron chi connectivity index (χ3n) is 7.50. The molecule has 1 aliphatic carbocycles. The van der Waals surface area contributed by atoms with Crippen molar-refractivity contribution in [2.24, 2.45) is 5.41 Å². The molecule has 0 unspecified atom stereocenters. The number of amides is 1. The van der Waals surface area contributed by atoms with E-state index >= 15 is 0 Å².